The number of pyridine rings is 1. The Hall–Kier alpha value is -3.38. The summed E-state index contributed by atoms with van der Waals surface area (Å²) in [5.74, 6) is -0.544. The number of rotatable bonds is 3. The number of benzene rings is 2. The minimum atomic E-state index is -0.448. The maximum Gasteiger partial charge on any atom is 0.231 e. The molecule has 0 aliphatic carbocycles. The zero-order valence-corrected chi connectivity index (χ0v) is 16.6. The van der Waals surface area contributed by atoms with E-state index >= 15 is 0 Å². The first-order chi connectivity index (χ1) is 14.5. The monoisotopic (exact) mass is 421 g/mol. The van der Waals surface area contributed by atoms with Gasteiger partial charge in [-0.25, -0.2) is 4.39 Å². The first-order valence-corrected chi connectivity index (χ1v) is 9.88. The van der Waals surface area contributed by atoms with Crippen LogP contribution in [0.15, 0.2) is 59.3 Å². The second-order valence-electron chi connectivity index (χ2n) is 7.31. The summed E-state index contributed by atoms with van der Waals surface area (Å²) in [6, 6.07) is 11.8. The molecule has 2 aromatic carbocycles. The van der Waals surface area contributed by atoms with Gasteiger partial charge in [0.15, 0.2) is 5.58 Å². The zero-order valence-electron chi connectivity index (χ0n) is 15.9. The zero-order chi connectivity index (χ0) is 20.8. The van der Waals surface area contributed by atoms with Gasteiger partial charge in [0.1, 0.15) is 5.82 Å². The summed E-state index contributed by atoms with van der Waals surface area (Å²) in [4.78, 5) is 19.0. The SMILES string of the molecule is Nc1c(-c2ccc3c(c2)CCN3C(=O)Cc2cc(F)cc(Cl)c2)ncc2occc12. The topological polar surface area (TPSA) is 72.4 Å². The number of aromatic nitrogens is 1. The van der Waals surface area contributed by atoms with E-state index in [0.717, 1.165) is 28.6 Å². The third kappa shape index (κ3) is 3.19. The van der Waals surface area contributed by atoms with Crippen LogP contribution in [-0.4, -0.2) is 17.4 Å². The lowest BCUT2D eigenvalue weighted by molar-refractivity contribution is -0.117. The minimum absolute atomic E-state index is 0.0876. The average molecular weight is 422 g/mol. The molecule has 0 unspecified atom stereocenters. The van der Waals surface area contributed by atoms with E-state index < -0.39 is 5.82 Å². The van der Waals surface area contributed by atoms with Gasteiger partial charge in [0, 0.05) is 28.2 Å². The molecule has 0 radical (unpaired) electrons. The lowest BCUT2D eigenvalue weighted by Gasteiger charge is -2.18. The van der Waals surface area contributed by atoms with Gasteiger partial charge in [-0.15, -0.1) is 0 Å². The minimum Gasteiger partial charge on any atom is -0.463 e. The summed E-state index contributed by atoms with van der Waals surface area (Å²) < 4.78 is 18.9. The Kier molecular flexibility index (Phi) is 4.44. The summed E-state index contributed by atoms with van der Waals surface area (Å²) >= 11 is 5.90. The van der Waals surface area contributed by atoms with Crippen molar-refractivity contribution < 1.29 is 13.6 Å². The summed E-state index contributed by atoms with van der Waals surface area (Å²) in [6.07, 6.45) is 4.07. The highest BCUT2D eigenvalue weighted by atomic mass is 35.5. The number of nitrogens with two attached hydrogens (primary N) is 1. The number of carbonyl (C=O) groups is 1. The van der Waals surface area contributed by atoms with Crippen LogP contribution in [0, 0.1) is 5.82 Å². The Morgan fingerprint density at radius 3 is 2.93 bits per heavy atom. The number of anilines is 2. The Morgan fingerprint density at radius 2 is 2.10 bits per heavy atom. The maximum atomic E-state index is 13.6. The highest BCUT2D eigenvalue weighted by molar-refractivity contribution is 6.30. The lowest BCUT2D eigenvalue weighted by Crippen LogP contribution is -2.30. The number of hydrogen-bond donors (Lipinski definition) is 1. The van der Waals surface area contributed by atoms with Crippen LogP contribution in [0.1, 0.15) is 11.1 Å². The summed E-state index contributed by atoms with van der Waals surface area (Å²) in [5.41, 5.74) is 11.5. The molecule has 0 saturated heterocycles. The van der Waals surface area contributed by atoms with Crippen molar-refractivity contribution in [1.29, 1.82) is 0 Å². The van der Waals surface area contributed by atoms with Crippen LogP contribution in [0.3, 0.4) is 0 Å². The maximum absolute atomic E-state index is 13.6. The number of halogens is 2. The summed E-state index contributed by atoms with van der Waals surface area (Å²) in [6.45, 7) is 0.574. The first kappa shape index (κ1) is 18.6. The second kappa shape index (κ2) is 7.15. The van der Waals surface area contributed by atoms with Gasteiger partial charge in [-0.2, -0.15) is 0 Å². The van der Waals surface area contributed by atoms with Crippen LogP contribution in [-0.2, 0) is 17.6 Å². The molecule has 0 fully saturated rings. The fourth-order valence-electron chi connectivity index (χ4n) is 3.98. The first-order valence-electron chi connectivity index (χ1n) is 9.50. The number of fused-ring (bicyclic) bond motifs is 2. The number of furan rings is 1. The van der Waals surface area contributed by atoms with Crippen LogP contribution in [0.5, 0.6) is 0 Å². The van der Waals surface area contributed by atoms with E-state index in [1.54, 1.807) is 23.4 Å². The molecule has 5 nitrogen and oxygen atoms in total. The van der Waals surface area contributed by atoms with Gasteiger partial charge in [-0.1, -0.05) is 17.7 Å². The van der Waals surface area contributed by atoms with Gasteiger partial charge in [0.05, 0.1) is 30.3 Å². The highest BCUT2D eigenvalue weighted by Gasteiger charge is 2.25. The van der Waals surface area contributed by atoms with E-state index in [9.17, 15) is 9.18 Å². The molecule has 1 amide bonds. The lowest BCUT2D eigenvalue weighted by atomic mass is 10.0. The van der Waals surface area contributed by atoms with Crippen molar-refractivity contribution >= 4 is 39.9 Å². The molecule has 3 heterocycles. The standard InChI is InChI=1S/C23H17ClFN3O2/c24-16-7-13(8-17(25)11-16)9-21(29)28-5-3-14-10-15(1-2-19(14)28)23-22(26)18-4-6-30-20(18)12-27-23/h1-2,4,6-8,10-12H,3,5,9,26H2. The van der Waals surface area contributed by atoms with Crippen molar-refractivity contribution in [3.05, 3.63) is 76.9 Å². The second-order valence-corrected chi connectivity index (χ2v) is 7.75. The molecule has 0 bridgehead atoms. The van der Waals surface area contributed by atoms with Crippen LogP contribution < -0.4 is 10.6 Å². The number of nitrogen functional groups attached to an aromatic ring is 1. The molecular weight excluding hydrogens is 405 g/mol. The van der Waals surface area contributed by atoms with Crippen molar-refractivity contribution in [2.75, 3.05) is 17.2 Å². The highest BCUT2D eigenvalue weighted by Crippen LogP contribution is 2.36. The van der Waals surface area contributed by atoms with Crippen molar-refractivity contribution in [1.82, 2.24) is 4.98 Å². The molecule has 30 heavy (non-hydrogen) atoms. The number of amides is 1. The van der Waals surface area contributed by atoms with Crippen molar-refractivity contribution in [3.63, 3.8) is 0 Å². The Bertz CT molecular complexity index is 1280. The van der Waals surface area contributed by atoms with E-state index in [1.165, 1.54) is 12.1 Å². The van der Waals surface area contributed by atoms with Gasteiger partial charge in [-0.05, 0) is 53.9 Å². The molecule has 0 spiro atoms. The van der Waals surface area contributed by atoms with E-state index in [4.69, 9.17) is 21.8 Å². The largest absolute Gasteiger partial charge is 0.463 e. The smallest absolute Gasteiger partial charge is 0.231 e. The summed E-state index contributed by atoms with van der Waals surface area (Å²) in [5, 5.41) is 1.11. The fourth-order valence-corrected chi connectivity index (χ4v) is 4.23. The van der Waals surface area contributed by atoms with E-state index in [-0.39, 0.29) is 17.4 Å². The van der Waals surface area contributed by atoms with Gasteiger partial charge < -0.3 is 15.1 Å². The van der Waals surface area contributed by atoms with Gasteiger partial charge in [0.25, 0.3) is 0 Å². The van der Waals surface area contributed by atoms with Gasteiger partial charge >= 0.3 is 0 Å². The number of hydrogen-bond acceptors (Lipinski definition) is 4. The predicted molar refractivity (Wildman–Crippen MR) is 115 cm³/mol. The molecule has 0 saturated carbocycles. The van der Waals surface area contributed by atoms with Gasteiger partial charge in [-0.3, -0.25) is 9.78 Å². The quantitative estimate of drug-likeness (QED) is 0.505. The molecule has 7 heteroatoms. The molecule has 0 atom stereocenters. The van der Waals surface area contributed by atoms with Crippen LogP contribution in [0.4, 0.5) is 15.8 Å². The van der Waals surface area contributed by atoms with E-state index in [2.05, 4.69) is 4.98 Å². The van der Waals surface area contributed by atoms with Gasteiger partial charge in [0.2, 0.25) is 5.91 Å². The average Bonchev–Trinajstić information content (AvgIpc) is 3.34. The van der Waals surface area contributed by atoms with Crippen molar-refractivity contribution in [2.24, 2.45) is 0 Å². The normalized spacial score (nSPS) is 13.1. The molecule has 4 aromatic rings. The molecule has 1 aliphatic heterocycles. The predicted octanol–water partition coefficient (Wildman–Crippen LogP) is 5.00. The van der Waals surface area contributed by atoms with Crippen molar-refractivity contribution in [3.8, 4) is 11.3 Å². The molecule has 5 rings (SSSR count). The number of carbonyl (C=O) groups excluding carboxylic acids is 1. The van der Waals surface area contributed by atoms with Crippen LogP contribution in [0.25, 0.3) is 22.2 Å². The van der Waals surface area contributed by atoms with E-state index in [1.807, 2.05) is 24.3 Å². The Morgan fingerprint density at radius 1 is 1.23 bits per heavy atom. The Labute approximate surface area is 176 Å². The third-order valence-electron chi connectivity index (χ3n) is 5.38. The van der Waals surface area contributed by atoms with Crippen LogP contribution in [0.2, 0.25) is 5.02 Å². The molecule has 2 aromatic heterocycles. The fraction of sp³-hybridized carbons (Fsp3) is 0.130. The molecule has 2 N–H and O–H groups in total. The Balaban J connectivity index is 1.43. The van der Waals surface area contributed by atoms with Crippen molar-refractivity contribution in [2.45, 2.75) is 12.8 Å². The molecular formula is C23H17ClFN3O2. The third-order valence-corrected chi connectivity index (χ3v) is 5.60. The summed E-state index contributed by atoms with van der Waals surface area (Å²) in [7, 11) is 0. The molecule has 1 aliphatic rings. The van der Waals surface area contributed by atoms with Crippen LogP contribution >= 0.6 is 11.6 Å². The molecule has 150 valence electrons. The van der Waals surface area contributed by atoms with E-state index in [0.29, 0.717) is 29.1 Å². The number of nitrogens with zero attached hydrogens (tertiary/aromatic N) is 2.